The van der Waals surface area contributed by atoms with E-state index in [0.29, 0.717) is 6.42 Å². The minimum absolute atomic E-state index is 0.0352. The lowest BCUT2D eigenvalue weighted by atomic mass is 9.79. The van der Waals surface area contributed by atoms with Gasteiger partial charge in [-0.3, -0.25) is 0 Å². The molecule has 2 N–H and O–H groups in total. The minimum atomic E-state index is -3.59. The number of fused-ring (bicyclic) bond motifs is 1. The van der Waals surface area contributed by atoms with Crippen LogP contribution < -0.4 is 9.46 Å². The molecule has 0 saturated heterocycles. The van der Waals surface area contributed by atoms with Crippen molar-refractivity contribution in [2.75, 3.05) is 13.7 Å². The zero-order valence-electron chi connectivity index (χ0n) is 12.8. The van der Waals surface area contributed by atoms with E-state index in [2.05, 4.69) is 4.72 Å². The van der Waals surface area contributed by atoms with Gasteiger partial charge in [-0.15, -0.1) is 11.3 Å². The predicted octanol–water partition coefficient (Wildman–Crippen LogP) is 2.26. The molecule has 0 aliphatic heterocycles. The van der Waals surface area contributed by atoms with Crippen LogP contribution in [0.4, 0.5) is 0 Å². The van der Waals surface area contributed by atoms with Crippen LogP contribution in [0.3, 0.4) is 0 Å². The molecule has 23 heavy (non-hydrogen) atoms. The van der Waals surface area contributed by atoms with Crippen molar-refractivity contribution in [3.8, 4) is 5.75 Å². The smallest absolute Gasteiger partial charge is 0.250 e. The van der Waals surface area contributed by atoms with Crippen molar-refractivity contribution in [3.63, 3.8) is 0 Å². The van der Waals surface area contributed by atoms with Gasteiger partial charge in [0.05, 0.1) is 7.11 Å². The Bertz CT molecular complexity index is 786. The number of nitrogens with one attached hydrogen (secondary N) is 1. The first-order valence-corrected chi connectivity index (χ1v) is 9.74. The van der Waals surface area contributed by atoms with Gasteiger partial charge >= 0.3 is 0 Å². The van der Waals surface area contributed by atoms with Crippen LogP contribution in [0.25, 0.3) is 0 Å². The molecular weight excluding hydrogens is 334 g/mol. The van der Waals surface area contributed by atoms with Crippen LogP contribution in [-0.4, -0.2) is 27.2 Å². The molecule has 1 aromatic carbocycles. The summed E-state index contributed by atoms with van der Waals surface area (Å²) in [4.78, 5) is 0. The van der Waals surface area contributed by atoms with E-state index >= 15 is 0 Å². The number of hydrogen-bond donors (Lipinski definition) is 2. The van der Waals surface area contributed by atoms with E-state index in [1.807, 2.05) is 12.1 Å². The molecule has 0 bridgehead atoms. The van der Waals surface area contributed by atoms with Crippen molar-refractivity contribution in [1.29, 1.82) is 0 Å². The first kappa shape index (κ1) is 16.4. The molecule has 1 aromatic heterocycles. The number of ether oxygens (including phenoxy) is 1. The number of benzene rings is 1. The molecule has 2 aromatic rings. The summed E-state index contributed by atoms with van der Waals surface area (Å²) in [7, 11) is -1.98. The van der Waals surface area contributed by atoms with Crippen molar-refractivity contribution in [1.82, 2.24) is 4.72 Å². The summed E-state index contributed by atoms with van der Waals surface area (Å²) in [6.07, 6.45) is 2.18. The summed E-state index contributed by atoms with van der Waals surface area (Å²) in [6.45, 7) is -0.0352. The SMILES string of the molecule is COc1ccc2c(c1)CCCC2(O)CNS(=O)(=O)c1cccs1. The Labute approximate surface area is 140 Å². The fraction of sp³-hybridized carbons (Fsp3) is 0.375. The summed E-state index contributed by atoms with van der Waals surface area (Å²) in [6, 6.07) is 8.77. The number of hydrogen-bond acceptors (Lipinski definition) is 5. The highest BCUT2D eigenvalue weighted by Crippen LogP contribution is 2.37. The van der Waals surface area contributed by atoms with Crippen molar-refractivity contribution >= 4 is 21.4 Å². The van der Waals surface area contributed by atoms with Crippen LogP contribution in [0.5, 0.6) is 5.75 Å². The first-order chi connectivity index (χ1) is 10.9. The second-order valence-corrected chi connectivity index (χ2v) is 8.61. The summed E-state index contributed by atoms with van der Waals surface area (Å²) >= 11 is 1.16. The molecular formula is C16H19NO4S2. The van der Waals surface area contributed by atoms with Gasteiger partial charge in [-0.05, 0) is 54.0 Å². The molecule has 1 aliphatic carbocycles. The van der Waals surface area contributed by atoms with E-state index in [0.717, 1.165) is 41.1 Å². The van der Waals surface area contributed by atoms with Crippen molar-refractivity contribution < 1.29 is 18.3 Å². The van der Waals surface area contributed by atoms with Crippen molar-refractivity contribution in [2.24, 2.45) is 0 Å². The molecule has 7 heteroatoms. The average molecular weight is 353 g/mol. The number of aryl methyl sites for hydroxylation is 1. The summed E-state index contributed by atoms with van der Waals surface area (Å²) in [5.74, 6) is 0.743. The molecule has 1 heterocycles. The zero-order valence-corrected chi connectivity index (χ0v) is 14.4. The number of sulfonamides is 1. The van der Waals surface area contributed by atoms with Crippen LogP contribution in [-0.2, 0) is 22.0 Å². The standard InChI is InChI=1S/C16H19NO4S2/c1-21-13-6-7-14-12(10-13)4-2-8-16(14,18)11-17-23(19,20)15-5-3-9-22-15/h3,5-7,9-10,17-18H,2,4,8,11H2,1H3. The molecule has 124 valence electrons. The molecule has 0 saturated carbocycles. The molecule has 1 unspecified atom stereocenters. The average Bonchev–Trinajstić information content (AvgIpc) is 3.08. The number of thiophene rings is 1. The fourth-order valence-electron chi connectivity index (χ4n) is 2.95. The van der Waals surface area contributed by atoms with E-state index < -0.39 is 15.6 Å². The predicted molar refractivity (Wildman–Crippen MR) is 89.3 cm³/mol. The number of aliphatic hydroxyl groups is 1. The molecule has 1 aliphatic rings. The molecule has 1 atom stereocenters. The van der Waals surface area contributed by atoms with Gasteiger partial charge in [0, 0.05) is 6.54 Å². The third-order valence-electron chi connectivity index (χ3n) is 4.16. The highest BCUT2D eigenvalue weighted by Gasteiger charge is 2.35. The third-order valence-corrected chi connectivity index (χ3v) is 6.96. The van der Waals surface area contributed by atoms with Crippen molar-refractivity contribution in [2.45, 2.75) is 29.1 Å². The van der Waals surface area contributed by atoms with Gasteiger partial charge in [0.15, 0.2) is 0 Å². The van der Waals surface area contributed by atoms with Crippen LogP contribution in [0.15, 0.2) is 39.9 Å². The van der Waals surface area contributed by atoms with Gasteiger partial charge in [0.25, 0.3) is 0 Å². The summed E-state index contributed by atoms with van der Waals surface area (Å²) in [5, 5.41) is 12.7. The monoisotopic (exact) mass is 353 g/mol. The van der Waals surface area contributed by atoms with E-state index in [4.69, 9.17) is 4.74 Å². The number of rotatable bonds is 5. The van der Waals surface area contributed by atoms with E-state index in [1.165, 1.54) is 0 Å². The van der Waals surface area contributed by atoms with Gasteiger partial charge in [0.1, 0.15) is 15.6 Å². The van der Waals surface area contributed by atoms with Crippen LogP contribution in [0.2, 0.25) is 0 Å². The van der Waals surface area contributed by atoms with E-state index in [-0.39, 0.29) is 10.8 Å². The topological polar surface area (TPSA) is 75.6 Å². The molecule has 0 fully saturated rings. The van der Waals surface area contributed by atoms with Crippen LogP contribution >= 0.6 is 11.3 Å². The van der Waals surface area contributed by atoms with Gasteiger partial charge in [-0.25, -0.2) is 13.1 Å². The van der Waals surface area contributed by atoms with Gasteiger partial charge in [-0.1, -0.05) is 12.1 Å². The minimum Gasteiger partial charge on any atom is -0.497 e. The molecule has 5 nitrogen and oxygen atoms in total. The Balaban J connectivity index is 1.84. The van der Waals surface area contributed by atoms with Gasteiger partial charge < -0.3 is 9.84 Å². The molecule has 0 amide bonds. The Kier molecular flexibility index (Phi) is 4.46. The Morgan fingerprint density at radius 3 is 2.91 bits per heavy atom. The van der Waals surface area contributed by atoms with Crippen molar-refractivity contribution in [3.05, 3.63) is 46.8 Å². The van der Waals surface area contributed by atoms with Crippen LogP contribution in [0.1, 0.15) is 24.0 Å². The fourth-order valence-corrected chi connectivity index (χ4v) is 5.08. The summed E-state index contributed by atoms with van der Waals surface area (Å²) in [5.41, 5.74) is 0.594. The molecule has 0 spiro atoms. The summed E-state index contributed by atoms with van der Waals surface area (Å²) < 4.78 is 32.5. The van der Waals surface area contributed by atoms with E-state index in [1.54, 1.807) is 30.7 Å². The Morgan fingerprint density at radius 2 is 2.22 bits per heavy atom. The Hall–Kier alpha value is -1.41. The maximum Gasteiger partial charge on any atom is 0.250 e. The third kappa shape index (κ3) is 3.28. The highest BCUT2D eigenvalue weighted by molar-refractivity contribution is 7.91. The Morgan fingerprint density at radius 1 is 1.39 bits per heavy atom. The van der Waals surface area contributed by atoms with Gasteiger partial charge in [-0.2, -0.15) is 0 Å². The molecule has 3 rings (SSSR count). The van der Waals surface area contributed by atoms with Crippen LogP contribution in [0, 0.1) is 0 Å². The zero-order chi connectivity index (χ0) is 16.5. The lowest BCUT2D eigenvalue weighted by Gasteiger charge is -2.34. The first-order valence-electron chi connectivity index (χ1n) is 7.37. The van der Waals surface area contributed by atoms with E-state index in [9.17, 15) is 13.5 Å². The largest absolute Gasteiger partial charge is 0.497 e. The molecule has 0 radical (unpaired) electrons. The maximum absolute atomic E-state index is 12.3. The quantitative estimate of drug-likeness (QED) is 0.864. The lowest BCUT2D eigenvalue weighted by Crippen LogP contribution is -2.42. The van der Waals surface area contributed by atoms with Gasteiger partial charge in [0.2, 0.25) is 10.0 Å². The lowest BCUT2D eigenvalue weighted by molar-refractivity contribution is 0.0242. The second kappa shape index (κ2) is 6.24. The second-order valence-electron chi connectivity index (χ2n) is 5.66. The maximum atomic E-state index is 12.3. The normalized spacial score (nSPS) is 21.0. The number of methoxy groups -OCH3 is 1. The highest BCUT2D eigenvalue weighted by atomic mass is 32.2.